The van der Waals surface area contributed by atoms with Crippen LogP contribution in [0.3, 0.4) is 0 Å². The van der Waals surface area contributed by atoms with E-state index in [0.717, 1.165) is 12.3 Å². The molecule has 0 unspecified atom stereocenters. The third-order valence-electron chi connectivity index (χ3n) is 1.94. The van der Waals surface area contributed by atoms with Gasteiger partial charge >= 0.3 is 0 Å². The number of rotatable bonds is 5. The van der Waals surface area contributed by atoms with Gasteiger partial charge in [0.15, 0.2) is 11.6 Å². The molecule has 0 saturated carbocycles. The van der Waals surface area contributed by atoms with E-state index in [9.17, 15) is 17.6 Å². The van der Waals surface area contributed by atoms with E-state index < -0.39 is 21.4 Å². The van der Waals surface area contributed by atoms with Crippen molar-refractivity contribution < 1.29 is 17.6 Å². The molecular formula is C10H12FNO3S. The van der Waals surface area contributed by atoms with Crippen LogP contribution in [0.5, 0.6) is 0 Å². The average Bonchev–Trinajstić information content (AvgIpc) is 2.16. The molecule has 88 valence electrons. The summed E-state index contributed by atoms with van der Waals surface area (Å²) in [5.74, 6) is -1.22. The lowest BCUT2D eigenvalue weighted by molar-refractivity contribution is 0.0973. The van der Waals surface area contributed by atoms with Gasteiger partial charge in [0, 0.05) is 18.9 Å². The second kappa shape index (κ2) is 5.16. The fraction of sp³-hybridized carbons (Fsp3) is 0.400. The topological polar surface area (TPSA) is 64.1 Å². The van der Waals surface area contributed by atoms with Gasteiger partial charge in [0.1, 0.15) is 15.5 Å². The zero-order chi connectivity index (χ0) is 12.2. The van der Waals surface area contributed by atoms with Crippen molar-refractivity contribution in [3.05, 3.63) is 29.8 Å². The van der Waals surface area contributed by atoms with E-state index in [-0.39, 0.29) is 24.3 Å². The first kappa shape index (κ1) is 12.8. The molecule has 16 heavy (non-hydrogen) atoms. The Morgan fingerprint density at radius 1 is 1.50 bits per heavy atom. The van der Waals surface area contributed by atoms with Crippen LogP contribution in [0.15, 0.2) is 18.3 Å². The summed E-state index contributed by atoms with van der Waals surface area (Å²) in [6, 6.07) is 2.54. The Labute approximate surface area is 93.4 Å². The number of sulfone groups is 1. The Bertz CT molecular complexity index is 485. The van der Waals surface area contributed by atoms with E-state index in [1.807, 2.05) is 0 Å². The second-order valence-electron chi connectivity index (χ2n) is 3.49. The van der Waals surface area contributed by atoms with Gasteiger partial charge < -0.3 is 0 Å². The van der Waals surface area contributed by atoms with E-state index in [1.165, 1.54) is 12.3 Å². The van der Waals surface area contributed by atoms with Crippen molar-refractivity contribution in [2.24, 2.45) is 0 Å². The summed E-state index contributed by atoms with van der Waals surface area (Å²) in [7, 11) is -3.08. The summed E-state index contributed by atoms with van der Waals surface area (Å²) in [6.45, 7) is 0. The van der Waals surface area contributed by atoms with Crippen molar-refractivity contribution in [3.63, 3.8) is 0 Å². The number of Topliss-reactive ketones (excluding diaryl/α,β-unsaturated/α-hetero) is 1. The first-order chi connectivity index (χ1) is 7.40. The number of nitrogens with zero attached hydrogens (tertiary/aromatic N) is 1. The zero-order valence-electron chi connectivity index (χ0n) is 8.81. The Morgan fingerprint density at radius 3 is 2.75 bits per heavy atom. The number of hydrogen-bond donors (Lipinski definition) is 0. The summed E-state index contributed by atoms with van der Waals surface area (Å²) in [6.07, 6.45) is 2.60. The van der Waals surface area contributed by atoms with Crippen molar-refractivity contribution in [2.75, 3.05) is 12.0 Å². The third kappa shape index (κ3) is 4.06. The number of pyridine rings is 1. The summed E-state index contributed by atoms with van der Waals surface area (Å²) in [5, 5.41) is 0. The molecule has 0 aliphatic rings. The minimum atomic E-state index is -3.08. The Kier molecular flexibility index (Phi) is 4.12. The van der Waals surface area contributed by atoms with Crippen LogP contribution in [0, 0.1) is 5.82 Å². The monoisotopic (exact) mass is 245 g/mol. The first-order valence-electron chi connectivity index (χ1n) is 4.71. The van der Waals surface area contributed by atoms with Gasteiger partial charge in [0.25, 0.3) is 0 Å². The molecule has 0 fully saturated rings. The van der Waals surface area contributed by atoms with Gasteiger partial charge in [-0.05, 0) is 18.6 Å². The molecule has 6 heteroatoms. The van der Waals surface area contributed by atoms with Crippen molar-refractivity contribution in [3.8, 4) is 0 Å². The van der Waals surface area contributed by atoms with E-state index >= 15 is 0 Å². The molecule has 0 aliphatic heterocycles. The highest BCUT2D eigenvalue weighted by Gasteiger charge is 2.13. The van der Waals surface area contributed by atoms with Crippen LogP contribution in [0.4, 0.5) is 4.39 Å². The maximum atomic E-state index is 13.1. The summed E-state index contributed by atoms with van der Waals surface area (Å²) in [4.78, 5) is 15.1. The summed E-state index contributed by atoms with van der Waals surface area (Å²) in [5.41, 5.74) is -0.226. The molecule has 0 bridgehead atoms. The second-order valence-corrected chi connectivity index (χ2v) is 5.75. The van der Waals surface area contributed by atoms with Gasteiger partial charge in [-0.3, -0.25) is 9.78 Å². The molecule has 1 aromatic heterocycles. The van der Waals surface area contributed by atoms with Crippen LogP contribution in [0.1, 0.15) is 23.3 Å². The van der Waals surface area contributed by atoms with Crippen molar-refractivity contribution in [2.45, 2.75) is 12.8 Å². The van der Waals surface area contributed by atoms with E-state index in [2.05, 4.69) is 4.98 Å². The zero-order valence-corrected chi connectivity index (χ0v) is 9.63. The minimum Gasteiger partial charge on any atom is -0.292 e. The molecule has 0 radical (unpaired) electrons. The standard InChI is InChI=1S/C10H12FNO3S/c1-16(14,15)7-3-5-9(13)10-8(11)4-2-6-12-10/h2,4,6H,3,5,7H2,1H3. The lowest BCUT2D eigenvalue weighted by Crippen LogP contribution is -2.09. The number of hydrogen-bond acceptors (Lipinski definition) is 4. The van der Waals surface area contributed by atoms with Gasteiger partial charge in [-0.2, -0.15) is 0 Å². The van der Waals surface area contributed by atoms with Crippen molar-refractivity contribution >= 4 is 15.6 Å². The summed E-state index contributed by atoms with van der Waals surface area (Å²) >= 11 is 0. The predicted octanol–water partition coefficient (Wildman–Crippen LogP) is 1.23. The highest BCUT2D eigenvalue weighted by molar-refractivity contribution is 7.90. The van der Waals surface area contributed by atoms with Crippen LogP contribution < -0.4 is 0 Å². The molecule has 4 nitrogen and oxygen atoms in total. The molecule has 1 aromatic rings. The average molecular weight is 245 g/mol. The Morgan fingerprint density at radius 2 is 2.19 bits per heavy atom. The van der Waals surface area contributed by atoms with Gasteiger partial charge in [0.2, 0.25) is 0 Å². The number of halogens is 1. The highest BCUT2D eigenvalue weighted by Crippen LogP contribution is 2.07. The molecule has 0 aromatic carbocycles. The summed E-state index contributed by atoms with van der Waals surface area (Å²) < 4.78 is 34.7. The van der Waals surface area contributed by atoms with Crippen LogP contribution in [-0.2, 0) is 9.84 Å². The Balaban J connectivity index is 2.57. The molecule has 1 heterocycles. The van der Waals surface area contributed by atoms with Crippen molar-refractivity contribution in [1.29, 1.82) is 0 Å². The molecule has 0 atom stereocenters. The van der Waals surface area contributed by atoms with Crippen LogP contribution in [-0.4, -0.2) is 31.2 Å². The Hall–Kier alpha value is -1.30. The maximum Gasteiger partial charge on any atom is 0.184 e. The van der Waals surface area contributed by atoms with Crippen LogP contribution in [0.2, 0.25) is 0 Å². The molecule has 0 spiro atoms. The third-order valence-corrected chi connectivity index (χ3v) is 2.97. The molecule has 0 saturated heterocycles. The van der Waals surface area contributed by atoms with Gasteiger partial charge in [-0.15, -0.1) is 0 Å². The van der Waals surface area contributed by atoms with Gasteiger partial charge in [-0.25, -0.2) is 12.8 Å². The SMILES string of the molecule is CS(=O)(=O)CCCC(=O)c1ncccc1F. The molecule has 0 amide bonds. The fourth-order valence-electron chi connectivity index (χ4n) is 1.20. The number of carbonyl (C=O) groups is 1. The van der Waals surface area contributed by atoms with E-state index in [0.29, 0.717) is 0 Å². The van der Waals surface area contributed by atoms with Gasteiger partial charge in [0.05, 0.1) is 5.75 Å². The van der Waals surface area contributed by atoms with Crippen LogP contribution >= 0.6 is 0 Å². The van der Waals surface area contributed by atoms with Crippen molar-refractivity contribution in [1.82, 2.24) is 4.98 Å². The smallest absolute Gasteiger partial charge is 0.184 e. The van der Waals surface area contributed by atoms with Crippen LogP contribution in [0.25, 0.3) is 0 Å². The normalized spacial score (nSPS) is 11.4. The maximum absolute atomic E-state index is 13.1. The molecule has 1 rings (SSSR count). The number of aromatic nitrogens is 1. The lowest BCUT2D eigenvalue weighted by atomic mass is 10.1. The fourth-order valence-corrected chi connectivity index (χ4v) is 1.87. The number of ketones is 1. The quantitative estimate of drug-likeness (QED) is 0.732. The molecule has 0 N–H and O–H groups in total. The minimum absolute atomic E-state index is 0.0129. The number of carbonyl (C=O) groups excluding carboxylic acids is 1. The first-order valence-corrected chi connectivity index (χ1v) is 6.77. The van der Waals surface area contributed by atoms with E-state index in [1.54, 1.807) is 0 Å². The van der Waals surface area contributed by atoms with E-state index in [4.69, 9.17) is 0 Å². The largest absolute Gasteiger partial charge is 0.292 e. The predicted molar refractivity (Wildman–Crippen MR) is 57.5 cm³/mol. The molecule has 0 aliphatic carbocycles. The van der Waals surface area contributed by atoms with Gasteiger partial charge in [-0.1, -0.05) is 0 Å². The highest BCUT2D eigenvalue weighted by atomic mass is 32.2. The molecular weight excluding hydrogens is 233 g/mol. The lowest BCUT2D eigenvalue weighted by Gasteiger charge is -2.00.